The quantitative estimate of drug-likeness (QED) is 0.264. The monoisotopic (exact) mass is 536 g/mol. The zero-order valence-electron chi connectivity index (χ0n) is 20.5. The van der Waals surface area contributed by atoms with E-state index in [1.807, 2.05) is 37.4 Å². The van der Waals surface area contributed by atoms with Gasteiger partial charge < -0.3 is 10.2 Å². The summed E-state index contributed by atoms with van der Waals surface area (Å²) >= 11 is 5.95. The van der Waals surface area contributed by atoms with E-state index in [-0.39, 0.29) is 12.2 Å². The zero-order chi connectivity index (χ0) is 26.9. The number of carbonyl (C=O) groups is 1. The minimum atomic E-state index is -4.45. The van der Waals surface area contributed by atoms with E-state index in [9.17, 15) is 18.0 Å². The van der Waals surface area contributed by atoms with Crippen LogP contribution in [0.3, 0.4) is 0 Å². The number of hydrogen-bond acceptors (Lipinski definition) is 5. The van der Waals surface area contributed by atoms with E-state index in [4.69, 9.17) is 11.6 Å². The van der Waals surface area contributed by atoms with Gasteiger partial charge in [0.1, 0.15) is 0 Å². The third-order valence-electron chi connectivity index (χ3n) is 6.53. The fourth-order valence-electron chi connectivity index (χ4n) is 4.51. The molecule has 1 N–H and O–H groups in total. The van der Waals surface area contributed by atoms with Crippen molar-refractivity contribution in [3.63, 3.8) is 0 Å². The predicted octanol–water partition coefficient (Wildman–Crippen LogP) is 7.19. The van der Waals surface area contributed by atoms with Gasteiger partial charge in [0, 0.05) is 59.7 Å². The van der Waals surface area contributed by atoms with Crippen LogP contribution in [-0.2, 0) is 25.6 Å². The molecule has 4 aromatic rings. The van der Waals surface area contributed by atoms with Crippen LogP contribution in [0.4, 0.5) is 30.5 Å². The van der Waals surface area contributed by atoms with E-state index in [1.165, 1.54) is 6.07 Å². The van der Waals surface area contributed by atoms with Crippen LogP contribution in [0.5, 0.6) is 0 Å². The van der Waals surface area contributed by atoms with Gasteiger partial charge >= 0.3 is 6.18 Å². The van der Waals surface area contributed by atoms with Gasteiger partial charge in [0.15, 0.2) is 5.78 Å². The molecule has 0 atom stereocenters. The summed E-state index contributed by atoms with van der Waals surface area (Å²) in [5.41, 5.74) is 4.76. The normalized spacial score (nSPS) is 13.2. The van der Waals surface area contributed by atoms with Gasteiger partial charge in [-0.05, 0) is 54.4 Å². The van der Waals surface area contributed by atoms with Crippen molar-refractivity contribution >= 4 is 34.7 Å². The molecule has 1 aliphatic rings. The number of aromatic nitrogens is 2. The Morgan fingerprint density at radius 3 is 2.63 bits per heavy atom. The van der Waals surface area contributed by atoms with Crippen LogP contribution in [0, 0.1) is 6.92 Å². The molecular formula is C29H24ClF3N4O. The fourth-order valence-corrected chi connectivity index (χ4v) is 4.64. The highest BCUT2D eigenvalue weighted by molar-refractivity contribution is 6.30. The number of fused-ring (bicyclic) bond motifs is 1. The first kappa shape index (κ1) is 25.7. The Balaban J connectivity index is 1.31. The van der Waals surface area contributed by atoms with E-state index >= 15 is 0 Å². The maximum atomic E-state index is 13.1. The second-order valence-electron chi connectivity index (χ2n) is 9.27. The maximum absolute atomic E-state index is 13.1. The van der Waals surface area contributed by atoms with Gasteiger partial charge in [-0.25, -0.2) is 9.97 Å². The molecule has 5 nitrogen and oxygen atoms in total. The van der Waals surface area contributed by atoms with Crippen molar-refractivity contribution in [3.05, 3.63) is 111 Å². The summed E-state index contributed by atoms with van der Waals surface area (Å²) in [4.78, 5) is 24.3. The van der Waals surface area contributed by atoms with E-state index < -0.39 is 11.7 Å². The van der Waals surface area contributed by atoms with Gasteiger partial charge in [0.2, 0.25) is 5.95 Å². The third kappa shape index (κ3) is 5.81. The molecule has 0 amide bonds. The molecule has 0 saturated heterocycles. The molecule has 0 fully saturated rings. The number of hydrogen-bond donors (Lipinski definition) is 1. The lowest BCUT2D eigenvalue weighted by Crippen LogP contribution is -2.32. The number of Topliss-reactive ketones (excluding diaryl/α,β-unsaturated/α-hetero) is 1. The number of nitrogens with one attached hydrogen (secondary N) is 1. The summed E-state index contributed by atoms with van der Waals surface area (Å²) in [6, 6.07) is 17.6. The van der Waals surface area contributed by atoms with Crippen molar-refractivity contribution in [2.45, 2.75) is 32.5 Å². The highest BCUT2D eigenvalue weighted by Crippen LogP contribution is 2.31. The second-order valence-corrected chi connectivity index (χ2v) is 9.70. The molecule has 0 unspecified atom stereocenters. The fraction of sp³-hybridized carbons (Fsp3) is 0.207. The first-order valence-corrected chi connectivity index (χ1v) is 12.5. The lowest BCUT2D eigenvalue weighted by molar-refractivity contribution is -0.137. The van der Waals surface area contributed by atoms with E-state index in [1.54, 1.807) is 24.3 Å². The molecule has 0 aliphatic carbocycles. The van der Waals surface area contributed by atoms with Crippen LogP contribution >= 0.6 is 11.6 Å². The summed E-state index contributed by atoms with van der Waals surface area (Å²) < 4.78 is 39.2. The Labute approximate surface area is 223 Å². The van der Waals surface area contributed by atoms with E-state index in [2.05, 4.69) is 20.2 Å². The molecule has 38 heavy (non-hydrogen) atoms. The molecule has 194 valence electrons. The van der Waals surface area contributed by atoms with Crippen molar-refractivity contribution in [1.29, 1.82) is 0 Å². The number of carbonyl (C=O) groups excluding carboxylic acids is 1. The maximum Gasteiger partial charge on any atom is 0.416 e. The Morgan fingerprint density at radius 1 is 1.08 bits per heavy atom. The average Bonchev–Trinajstić information content (AvgIpc) is 2.89. The number of aryl methyl sites for hydroxylation is 1. The van der Waals surface area contributed by atoms with Crippen molar-refractivity contribution in [2.75, 3.05) is 16.8 Å². The lowest BCUT2D eigenvalue weighted by Gasteiger charge is -2.31. The van der Waals surface area contributed by atoms with Crippen LogP contribution in [0.2, 0.25) is 5.02 Å². The van der Waals surface area contributed by atoms with Gasteiger partial charge in [-0.15, -0.1) is 0 Å². The standard InChI is InChI=1S/C29H24ClF3N4O/c1-18-5-6-20(27(38)14-19-3-2-4-22(13-19)29(31,32)33)15-26(18)37-12-11-25-21(17-37)16-34-28(36-25)35-24-9-7-23(30)8-10-24/h2-10,13,15-16H,11-12,14,17H2,1H3,(H,34,35,36). The number of nitrogens with zero attached hydrogens (tertiary/aromatic N) is 3. The van der Waals surface area contributed by atoms with Crippen molar-refractivity contribution in [3.8, 4) is 0 Å². The minimum absolute atomic E-state index is 0.105. The summed E-state index contributed by atoms with van der Waals surface area (Å²) in [5, 5.41) is 3.84. The number of halogens is 4. The second kappa shape index (κ2) is 10.5. The first-order valence-electron chi connectivity index (χ1n) is 12.1. The third-order valence-corrected chi connectivity index (χ3v) is 6.78. The molecule has 0 spiro atoms. The van der Waals surface area contributed by atoms with Crippen LogP contribution in [-0.4, -0.2) is 22.3 Å². The smallest absolute Gasteiger partial charge is 0.366 e. The molecule has 9 heteroatoms. The van der Waals surface area contributed by atoms with Crippen LogP contribution in [0.15, 0.2) is 72.9 Å². The van der Waals surface area contributed by atoms with Crippen molar-refractivity contribution in [1.82, 2.24) is 9.97 Å². The molecule has 0 bridgehead atoms. The minimum Gasteiger partial charge on any atom is -0.366 e. The predicted molar refractivity (Wildman–Crippen MR) is 142 cm³/mol. The number of rotatable bonds is 6. The Kier molecular flexibility index (Phi) is 7.08. The van der Waals surface area contributed by atoms with Crippen LogP contribution in [0.1, 0.15) is 38.3 Å². The number of ketones is 1. The first-order chi connectivity index (χ1) is 18.2. The van der Waals surface area contributed by atoms with Gasteiger partial charge in [-0.2, -0.15) is 13.2 Å². The molecular weight excluding hydrogens is 513 g/mol. The molecule has 1 aliphatic heterocycles. The van der Waals surface area contributed by atoms with Crippen LogP contribution < -0.4 is 10.2 Å². The summed E-state index contributed by atoms with van der Waals surface area (Å²) in [6.45, 7) is 3.26. The van der Waals surface area contributed by atoms with E-state index in [0.717, 1.165) is 40.3 Å². The highest BCUT2D eigenvalue weighted by atomic mass is 35.5. The van der Waals surface area contributed by atoms with Gasteiger partial charge in [-0.3, -0.25) is 4.79 Å². The molecule has 0 saturated carbocycles. The molecule has 1 aromatic heterocycles. The number of alkyl halides is 3. The summed E-state index contributed by atoms with van der Waals surface area (Å²) in [7, 11) is 0. The molecule has 3 aromatic carbocycles. The molecule has 5 rings (SSSR count). The average molecular weight is 537 g/mol. The lowest BCUT2D eigenvalue weighted by atomic mass is 9.98. The van der Waals surface area contributed by atoms with Crippen LogP contribution in [0.25, 0.3) is 0 Å². The number of anilines is 3. The largest absolute Gasteiger partial charge is 0.416 e. The van der Waals surface area contributed by atoms with Gasteiger partial charge in [0.25, 0.3) is 0 Å². The van der Waals surface area contributed by atoms with Crippen molar-refractivity contribution < 1.29 is 18.0 Å². The van der Waals surface area contributed by atoms with E-state index in [0.29, 0.717) is 41.6 Å². The Morgan fingerprint density at radius 2 is 1.87 bits per heavy atom. The van der Waals surface area contributed by atoms with Gasteiger partial charge in [-0.1, -0.05) is 41.9 Å². The Bertz CT molecular complexity index is 1490. The zero-order valence-corrected chi connectivity index (χ0v) is 21.3. The molecule has 2 heterocycles. The molecule has 0 radical (unpaired) electrons. The summed E-state index contributed by atoms with van der Waals surface area (Å²) in [6.07, 6.45) is -2.04. The van der Waals surface area contributed by atoms with Gasteiger partial charge in [0.05, 0.1) is 11.3 Å². The highest BCUT2D eigenvalue weighted by Gasteiger charge is 2.30. The Hall–Kier alpha value is -3.91. The van der Waals surface area contributed by atoms with Crippen molar-refractivity contribution in [2.24, 2.45) is 0 Å². The summed E-state index contributed by atoms with van der Waals surface area (Å²) in [5.74, 6) is 0.280. The number of benzene rings is 3. The topological polar surface area (TPSA) is 58.1 Å². The SMILES string of the molecule is Cc1ccc(C(=O)Cc2cccc(C(F)(F)F)c2)cc1N1CCc2nc(Nc3ccc(Cl)cc3)ncc2C1.